The van der Waals surface area contributed by atoms with Crippen molar-refractivity contribution in [3.8, 4) is 11.1 Å². The molecular formula is C63H51N. The first kappa shape index (κ1) is 37.1. The highest BCUT2D eigenvalue weighted by Gasteiger charge is 2.54. The number of rotatable bonds is 10. The molecular weight excluding hydrogens is 771 g/mol. The molecule has 6 aromatic carbocycles. The molecule has 0 aliphatic heterocycles. The average Bonchev–Trinajstić information content (AvgIpc) is 3.67. The van der Waals surface area contributed by atoms with Crippen molar-refractivity contribution < 1.29 is 2.74 Å². The standard InChI is InChI=1S/C63H51N/c1-3-20-47(4-2)63(48-25-12-7-13-26-48)61-32-19-18-31-57(61)58-40-38-51(43-62(58)63)64(50-37-39-56-54-29-15-14-27-52(54)53-28-16-17-30-55(53)60(56)42-50)49-35-33-46(34-36-49)59(45-23-10-6-11-24-45)41-44-21-8-5-9-22-44/h3-35,37-43,49,53,55,58,62H,1-2,36H2/b47-20+,59-41+/i33D,36D. The summed E-state index contributed by atoms with van der Waals surface area (Å²) in [4.78, 5) is 2.36. The molecule has 5 aliphatic carbocycles. The summed E-state index contributed by atoms with van der Waals surface area (Å²) in [7, 11) is 0. The second-order valence-electron chi connectivity index (χ2n) is 17.3. The van der Waals surface area contributed by atoms with Gasteiger partial charge < -0.3 is 4.90 Å². The van der Waals surface area contributed by atoms with E-state index in [-0.39, 0.29) is 23.7 Å². The first-order valence-electron chi connectivity index (χ1n) is 23.6. The fraction of sp³-hybridized carbons (Fsp3) is 0.111. The summed E-state index contributed by atoms with van der Waals surface area (Å²) in [5.74, 6) is 0.440. The van der Waals surface area contributed by atoms with Crippen LogP contribution < -0.4 is 4.90 Å². The summed E-state index contributed by atoms with van der Waals surface area (Å²) in [6.07, 6.45) is 27.7. The van der Waals surface area contributed by atoms with E-state index in [4.69, 9.17) is 0 Å². The minimum Gasteiger partial charge on any atom is -0.334 e. The molecule has 0 spiro atoms. The van der Waals surface area contributed by atoms with E-state index in [9.17, 15) is 2.74 Å². The Morgan fingerprint density at radius 3 is 2.11 bits per heavy atom. The summed E-state index contributed by atoms with van der Waals surface area (Å²) in [5, 5.41) is 0. The molecule has 0 saturated heterocycles. The largest absolute Gasteiger partial charge is 0.334 e. The van der Waals surface area contributed by atoms with Crippen molar-refractivity contribution in [2.75, 3.05) is 4.90 Å². The Bertz CT molecular complexity index is 3120. The summed E-state index contributed by atoms with van der Waals surface area (Å²) in [6, 6.07) is 56.0. The van der Waals surface area contributed by atoms with Crippen LogP contribution in [-0.4, -0.2) is 6.04 Å². The molecule has 6 aromatic rings. The molecule has 64 heavy (non-hydrogen) atoms. The predicted octanol–water partition coefficient (Wildman–Crippen LogP) is 15.4. The smallest absolute Gasteiger partial charge is 0.0627 e. The van der Waals surface area contributed by atoms with E-state index in [2.05, 4.69) is 194 Å². The van der Waals surface area contributed by atoms with Crippen molar-refractivity contribution in [3.63, 3.8) is 0 Å². The molecule has 0 bridgehead atoms. The van der Waals surface area contributed by atoms with Crippen LogP contribution in [0.3, 0.4) is 0 Å². The lowest BCUT2D eigenvalue weighted by Crippen LogP contribution is -2.39. The van der Waals surface area contributed by atoms with Gasteiger partial charge in [0, 0.05) is 36.4 Å². The third-order valence-electron chi connectivity index (χ3n) is 14.0. The van der Waals surface area contributed by atoms with Crippen LogP contribution in [0.2, 0.25) is 0 Å². The fourth-order valence-corrected chi connectivity index (χ4v) is 11.3. The van der Waals surface area contributed by atoms with Crippen LogP contribution in [0.5, 0.6) is 0 Å². The van der Waals surface area contributed by atoms with Gasteiger partial charge in [0.05, 0.1) is 12.8 Å². The third-order valence-corrected chi connectivity index (χ3v) is 14.0. The normalized spacial score (nSPS) is 25.5. The number of fused-ring (bicyclic) bond motifs is 9. The molecule has 0 N–H and O–H groups in total. The zero-order valence-electron chi connectivity index (χ0n) is 37.8. The van der Waals surface area contributed by atoms with Gasteiger partial charge in [-0.05, 0) is 97.5 Å². The lowest BCUT2D eigenvalue weighted by molar-refractivity contribution is 0.451. The van der Waals surface area contributed by atoms with Crippen LogP contribution in [-0.2, 0) is 5.41 Å². The Hall–Kier alpha value is -7.48. The Balaban J connectivity index is 1.11. The molecule has 5 aliphatic rings. The first-order valence-corrected chi connectivity index (χ1v) is 22.5. The lowest BCUT2D eigenvalue weighted by Gasteiger charge is -2.42. The summed E-state index contributed by atoms with van der Waals surface area (Å²) in [6.45, 7) is 8.60. The van der Waals surface area contributed by atoms with E-state index >= 15 is 0 Å². The Morgan fingerprint density at radius 1 is 0.672 bits per heavy atom. The quantitative estimate of drug-likeness (QED) is 0.0983. The number of benzene rings is 6. The highest BCUT2D eigenvalue weighted by Crippen LogP contribution is 2.61. The molecule has 1 heteroatoms. The van der Waals surface area contributed by atoms with Crippen molar-refractivity contribution in [1.29, 1.82) is 0 Å². The zero-order chi connectivity index (χ0) is 44.8. The number of nitrogens with zero attached hydrogens (tertiary/aromatic N) is 1. The predicted molar refractivity (Wildman–Crippen MR) is 270 cm³/mol. The molecule has 11 rings (SSSR count). The maximum Gasteiger partial charge on any atom is 0.0627 e. The van der Waals surface area contributed by atoms with Crippen LogP contribution in [0.4, 0.5) is 5.69 Å². The lowest BCUT2D eigenvalue weighted by atomic mass is 9.62. The molecule has 0 heterocycles. The topological polar surface area (TPSA) is 3.24 Å². The maximum absolute atomic E-state index is 10.2. The Morgan fingerprint density at radius 2 is 1.34 bits per heavy atom. The van der Waals surface area contributed by atoms with Crippen LogP contribution >= 0.6 is 0 Å². The van der Waals surface area contributed by atoms with Crippen molar-refractivity contribution in [3.05, 3.63) is 306 Å². The van der Waals surface area contributed by atoms with Gasteiger partial charge in [0.25, 0.3) is 0 Å². The van der Waals surface area contributed by atoms with Crippen LogP contribution in [0.25, 0.3) is 22.8 Å². The van der Waals surface area contributed by atoms with Crippen molar-refractivity contribution in [1.82, 2.24) is 0 Å². The monoisotopic (exact) mass is 823 g/mol. The van der Waals surface area contributed by atoms with Crippen LogP contribution in [0.15, 0.2) is 267 Å². The zero-order valence-corrected chi connectivity index (χ0v) is 35.8. The maximum atomic E-state index is 10.2. The van der Waals surface area contributed by atoms with Crippen molar-refractivity contribution in [2.24, 2.45) is 5.92 Å². The summed E-state index contributed by atoms with van der Waals surface area (Å²) >= 11 is 0. The van der Waals surface area contributed by atoms with E-state index in [0.717, 1.165) is 39.2 Å². The second kappa shape index (κ2) is 16.7. The summed E-state index contributed by atoms with van der Waals surface area (Å²) < 4.78 is 20.0. The molecule has 308 valence electrons. The Labute approximate surface area is 381 Å². The van der Waals surface area contributed by atoms with Gasteiger partial charge in [-0.3, -0.25) is 0 Å². The molecule has 0 fully saturated rings. The molecule has 1 nitrogen and oxygen atoms in total. The minimum atomic E-state index is -0.713. The number of hydrogen-bond donors (Lipinski definition) is 0. The first-order chi connectivity index (χ1) is 32.5. The van der Waals surface area contributed by atoms with Crippen molar-refractivity contribution in [2.45, 2.75) is 35.6 Å². The number of allylic oxidation sites excluding steroid dienone is 14. The summed E-state index contributed by atoms with van der Waals surface area (Å²) in [5.41, 5.74) is 15.2. The van der Waals surface area contributed by atoms with E-state index in [0.29, 0.717) is 6.05 Å². The van der Waals surface area contributed by atoms with Gasteiger partial charge in [-0.15, -0.1) is 0 Å². The van der Waals surface area contributed by atoms with Gasteiger partial charge in [-0.2, -0.15) is 0 Å². The Kier molecular flexibility index (Phi) is 9.66. The second-order valence-corrected chi connectivity index (χ2v) is 17.3. The van der Waals surface area contributed by atoms with Gasteiger partial charge in [-0.1, -0.05) is 232 Å². The fourth-order valence-electron chi connectivity index (χ4n) is 11.3. The van der Waals surface area contributed by atoms with E-state index in [1.807, 2.05) is 60.7 Å². The van der Waals surface area contributed by atoms with Gasteiger partial charge >= 0.3 is 0 Å². The van der Waals surface area contributed by atoms with E-state index < -0.39 is 17.9 Å². The highest BCUT2D eigenvalue weighted by atomic mass is 15.2. The molecule has 0 radical (unpaired) electrons. The van der Waals surface area contributed by atoms with Crippen LogP contribution in [0, 0.1) is 5.92 Å². The number of hydrogen-bond acceptors (Lipinski definition) is 1. The van der Waals surface area contributed by atoms with Gasteiger partial charge in [0.15, 0.2) is 0 Å². The molecule has 7 unspecified atom stereocenters. The SMILES string of the molecule is [2H]C1=CC(N(C2=CC3C(C=C2)c2ccccc2C3(/C(C=C)=C/C=C)c2ccccc2)c2ccc3c(c2)C2C=CC=CC2c2ccccc2-3)C([2H])C=C1/C(=C/c1ccccc1)c1ccccc1. The third kappa shape index (κ3) is 6.54. The minimum absolute atomic E-state index is 0.0406. The number of anilines is 1. The molecule has 0 amide bonds. The molecule has 7 atom stereocenters. The van der Waals surface area contributed by atoms with Crippen LogP contribution in [0.1, 0.15) is 65.8 Å². The average molecular weight is 824 g/mol. The van der Waals surface area contributed by atoms with Crippen molar-refractivity contribution >= 4 is 17.3 Å². The van der Waals surface area contributed by atoms with E-state index in [1.54, 1.807) is 0 Å². The highest BCUT2D eigenvalue weighted by molar-refractivity contribution is 5.93. The van der Waals surface area contributed by atoms with Gasteiger partial charge in [0.2, 0.25) is 0 Å². The van der Waals surface area contributed by atoms with E-state index in [1.165, 1.54) is 38.9 Å². The molecule has 0 aromatic heterocycles. The van der Waals surface area contributed by atoms with Gasteiger partial charge in [0.1, 0.15) is 0 Å². The molecule has 0 saturated carbocycles. The van der Waals surface area contributed by atoms with Gasteiger partial charge in [-0.25, -0.2) is 0 Å².